The van der Waals surface area contributed by atoms with Gasteiger partial charge < -0.3 is 9.47 Å². The fourth-order valence-corrected chi connectivity index (χ4v) is 6.23. The van der Waals surface area contributed by atoms with Gasteiger partial charge in [-0.05, 0) is 31.4 Å². The molecular formula is C20H28N2O5S. The molecule has 0 aromatic heterocycles. The van der Waals surface area contributed by atoms with Crippen molar-refractivity contribution in [1.29, 1.82) is 0 Å². The Labute approximate surface area is 166 Å². The van der Waals surface area contributed by atoms with Gasteiger partial charge in [0.15, 0.2) is 0 Å². The van der Waals surface area contributed by atoms with Gasteiger partial charge in [-0.1, -0.05) is 18.2 Å². The summed E-state index contributed by atoms with van der Waals surface area (Å²) >= 11 is 0. The number of cyclic esters (lactones) is 1. The Morgan fingerprint density at radius 1 is 1.11 bits per heavy atom. The third-order valence-electron chi connectivity index (χ3n) is 6.28. The van der Waals surface area contributed by atoms with Crippen LogP contribution in [0.3, 0.4) is 0 Å². The first-order valence-electron chi connectivity index (χ1n) is 9.98. The molecule has 0 radical (unpaired) electrons. The second kappa shape index (κ2) is 7.74. The predicted molar refractivity (Wildman–Crippen MR) is 103 cm³/mol. The molecule has 0 N–H and O–H groups in total. The minimum atomic E-state index is -3.53. The van der Waals surface area contributed by atoms with E-state index >= 15 is 0 Å². The molecule has 0 saturated carbocycles. The molecule has 3 saturated heterocycles. The number of nitrogens with zero attached hydrogens (tertiary/aromatic N) is 2. The van der Waals surface area contributed by atoms with E-state index < -0.39 is 15.4 Å². The van der Waals surface area contributed by atoms with Crippen molar-refractivity contribution in [2.24, 2.45) is 5.41 Å². The zero-order chi connectivity index (χ0) is 19.8. The second-order valence-electron chi connectivity index (χ2n) is 8.09. The molecule has 3 aliphatic rings. The Morgan fingerprint density at radius 2 is 1.79 bits per heavy atom. The van der Waals surface area contributed by atoms with E-state index in [4.69, 9.17) is 9.47 Å². The summed E-state index contributed by atoms with van der Waals surface area (Å²) in [5.41, 5.74) is 0.211. The van der Waals surface area contributed by atoms with E-state index in [1.807, 2.05) is 19.1 Å². The highest BCUT2D eigenvalue weighted by Gasteiger charge is 2.51. The monoisotopic (exact) mass is 408 g/mol. The van der Waals surface area contributed by atoms with E-state index in [0.29, 0.717) is 37.2 Å². The first kappa shape index (κ1) is 19.8. The lowest BCUT2D eigenvalue weighted by atomic mass is 9.76. The van der Waals surface area contributed by atoms with Gasteiger partial charge in [-0.2, -0.15) is 4.31 Å². The summed E-state index contributed by atoms with van der Waals surface area (Å²) in [5, 5.41) is 0. The molecule has 7 nitrogen and oxygen atoms in total. The standard InChI is InChI=1S/C20H28N2O5S/c1-16-4-2-3-5-18(16)28(24,25)22-8-6-20(7-9-22)14-17(27-19(20)23)15-21-10-12-26-13-11-21/h2-5,17H,6-15H2,1H3. The lowest BCUT2D eigenvalue weighted by Crippen LogP contribution is -2.45. The van der Waals surface area contributed by atoms with Crippen LogP contribution in [-0.4, -0.2) is 75.6 Å². The lowest BCUT2D eigenvalue weighted by Gasteiger charge is -2.36. The number of morpholine rings is 1. The fraction of sp³-hybridized carbons (Fsp3) is 0.650. The van der Waals surface area contributed by atoms with Crippen molar-refractivity contribution in [1.82, 2.24) is 9.21 Å². The van der Waals surface area contributed by atoms with Crippen LogP contribution in [0.4, 0.5) is 0 Å². The fourth-order valence-electron chi connectivity index (χ4n) is 4.56. The Hall–Kier alpha value is -1.48. The molecule has 3 heterocycles. The SMILES string of the molecule is Cc1ccccc1S(=O)(=O)N1CCC2(CC1)CC(CN1CCOCC1)OC2=O. The minimum Gasteiger partial charge on any atom is -0.461 e. The molecule has 1 atom stereocenters. The Balaban J connectivity index is 1.40. The molecule has 0 amide bonds. The summed E-state index contributed by atoms with van der Waals surface area (Å²) in [7, 11) is -3.53. The van der Waals surface area contributed by atoms with E-state index in [0.717, 1.165) is 38.4 Å². The van der Waals surface area contributed by atoms with Crippen molar-refractivity contribution < 1.29 is 22.7 Å². The molecule has 28 heavy (non-hydrogen) atoms. The number of carbonyl (C=O) groups excluding carboxylic acids is 1. The number of aryl methyl sites for hydroxylation is 1. The van der Waals surface area contributed by atoms with E-state index in [-0.39, 0.29) is 12.1 Å². The van der Waals surface area contributed by atoms with Crippen LogP contribution in [0.2, 0.25) is 0 Å². The third kappa shape index (κ3) is 3.70. The molecule has 0 bridgehead atoms. The van der Waals surface area contributed by atoms with Gasteiger partial charge in [-0.25, -0.2) is 8.42 Å². The molecule has 4 rings (SSSR count). The summed E-state index contributed by atoms with van der Waals surface area (Å²) in [4.78, 5) is 15.3. The van der Waals surface area contributed by atoms with Crippen molar-refractivity contribution in [3.05, 3.63) is 29.8 Å². The summed E-state index contributed by atoms with van der Waals surface area (Å²) in [5.74, 6) is -0.154. The average molecular weight is 409 g/mol. The molecule has 154 valence electrons. The zero-order valence-electron chi connectivity index (χ0n) is 16.3. The minimum absolute atomic E-state index is 0.106. The van der Waals surface area contributed by atoms with Gasteiger partial charge in [0.2, 0.25) is 10.0 Å². The zero-order valence-corrected chi connectivity index (χ0v) is 17.1. The summed E-state index contributed by atoms with van der Waals surface area (Å²) in [6.45, 7) is 6.43. The van der Waals surface area contributed by atoms with Crippen LogP contribution in [0.1, 0.15) is 24.8 Å². The quantitative estimate of drug-likeness (QED) is 0.702. The van der Waals surface area contributed by atoms with Gasteiger partial charge in [-0.15, -0.1) is 0 Å². The van der Waals surface area contributed by atoms with E-state index in [1.165, 1.54) is 4.31 Å². The topological polar surface area (TPSA) is 76.2 Å². The Morgan fingerprint density at radius 3 is 2.46 bits per heavy atom. The van der Waals surface area contributed by atoms with Gasteiger partial charge in [0.05, 0.1) is 23.5 Å². The largest absolute Gasteiger partial charge is 0.461 e. The molecular weight excluding hydrogens is 380 g/mol. The first-order chi connectivity index (χ1) is 13.4. The van der Waals surface area contributed by atoms with Crippen LogP contribution in [0.15, 0.2) is 29.2 Å². The van der Waals surface area contributed by atoms with Crippen molar-refractivity contribution in [2.45, 2.75) is 37.2 Å². The number of esters is 1. The van der Waals surface area contributed by atoms with E-state index in [2.05, 4.69) is 4.90 Å². The van der Waals surface area contributed by atoms with Crippen LogP contribution in [0.25, 0.3) is 0 Å². The van der Waals surface area contributed by atoms with Gasteiger partial charge in [-0.3, -0.25) is 9.69 Å². The van der Waals surface area contributed by atoms with Crippen molar-refractivity contribution in [3.8, 4) is 0 Å². The number of hydrogen-bond donors (Lipinski definition) is 0. The Kier molecular flexibility index (Phi) is 5.48. The van der Waals surface area contributed by atoms with Crippen molar-refractivity contribution >= 4 is 16.0 Å². The van der Waals surface area contributed by atoms with Crippen molar-refractivity contribution in [3.63, 3.8) is 0 Å². The number of carbonyl (C=O) groups is 1. The predicted octanol–water partition coefficient (Wildman–Crippen LogP) is 1.41. The lowest BCUT2D eigenvalue weighted by molar-refractivity contribution is -0.151. The van der Waals surface area contributed by atoms with Crippen LogP contribution < -0.4 is 0 Å². The molecule has 1 aromatic carbocycles. The molecule has 1 unspecified atom stereocenters. The number of benzene rings is 1. The molecule has 3 aliphatic heterocycles. The second-order valence-corrected chi connectivity index (χ2v) is 10.0. The average Bonchev–Trinajstić information content (AvgIpc) is 2.97. The van der Waals surface area contributed by atoms with Crippen molar-refractivity contribution in [2.75, 3.05) is 45.9 Å². The summed E-state index contributed by atoms with van der Waals surface area (Å²) in [6, 6.07) is 7.04. The number of piperidine rings is 1. The number of sulfonamides is 1. The normalized spacial score (nSPS) is 26.5. The van der Waals surface area contributed by atoms with E-state index in [1.54, 1.807) is 12.1 Å². The van der Waals surface area contributed by atoms with Crippen LogP contribution in [0, 0.1) is 12.3 Å². The smallest absolute Gasteiger partial charge is 0.312 e. The number of rotatable bonds is 4. The first-order valence-corrected chi connectivity index (χ1v) is 11.4. The van der Waals surface area contributed by atoms with Gasteiger partial charge in [0.1, 0.15) is 6.10 Å². The maximum absolute atomic E-state index is 13.0. The summed E-state index contributed by atoms with van der Waals surface area (Å²) < 4.78 is 38.6. The highest BCUT2D eigenvalue weighted by atomic mass is 32.2. The van der Waals surface area contributed by atoms with E-state index in [9.17, 15) is 13.2 Å². The molecule has 1 spiro atoms. The number of ether oxygens (including phenoxy) is 2. The van der Waals surface area contributed by atoms with Crippen LogP contribution in [0.5, 0.6) is 0 Å². The van der Waals surface area contributed by atoms with Crippen LogP contribution >= 0.6 is 0 Å². The summed E-state index contributed by atoms with van der Waals surface area (Å²) in [6.07, 6.45) is 1.62. The van der Waals surface area contributed by atoms with Gasteiger partial charge >= 0.3 is 5.97 Å². The molecule has 8 heteroatoms. The van der Waals surface area contributed by atoms with Gasteiger partial charge in [0.25, 0.3) is 0 Å². The Bertz CT molecular complexity index is 827. The maximum atomic E-state index is 13.0. The highest BCUT2D eigenvalue weighted by Crippen LogP contribution is 2.44. The molecule has 3 fully saturated rings. The molecule has 0 aliphatic carbocycles. The number of hydrogen-bond acceptors (Lipinski definition) is 6. The molecule has 1 aromatic rings. The highest BCUT2D eigenvalue weighted by molar-refractivity contribution is 7.89. The maximum Gasteiger partial charge on any atom is 0.312 e. The van der Waals surface area contributed by atoms with Crippen LogP contribution in [-0.2, 0) is 24.3 Å². The van der Waals surface area contributed by atoms with Gasteiger partial charge in [0, 0.05) is 39.1 Å². The third-order valence-corrected chi connectivity index (χ3v) is 8.34.